The summed E-state index contributed by atoms with van der Waals surface area (Å²) in [5.74, 6) is -1.17. The Balaban J connectivity index is 0. The van der Waals surface area contributed by atoms with Gasteiger partial charge in [0.15, 0.2) is 12.4 Å². The fraction of sp³-hybridized carbons (Fsp3) is 0.714. The number of hydrogen-bond donors (Lipinski definition) is 4. The van der Waals surface area contributed by atoms with Gasteiger partial charge in [0.05, 0.1) is 7.11 Å². The van der Waals surface area contributed by atoms with Gasteiger partial charge in [-0.2, -0.15) is 0 Å². The van der Waals surface area contributed by atoms with Crippen LogP contribution in [0.1, 0.15) is 0 Å². The van der Waals surface area contributed by atoms with Crippen LogP contribution in [-0.2, 0) is 14.3 Å². The van der Waals surface area contributed by atoms with E-state index < -0.39 is 30.4 Å². The van der Waals surface area contributed by atoms with E-state index in [4.69, 9.17) is 20.4 Å². The van der Waals surface area contributed by atoms with Crippen molar-refractivity contribution in [3.05, 3.63) is 0 Å². The first-order chi connectivity index (χ1) is 6.45. The van der Waals surface area contributed by atoms with Crippen LogP contribution in [0.25, 0.3) is 0 Å². The molecule has 83 valence electrons. The van der Waals surface area contributed by atoms with Gasteiger partial charge in [-0.05, 0) is 0 Å². The third-order valence-corrected chi connectivity index (χ3v) is 1.61. The minimum Gasteiger partial charge on any atom is -0.467 e. The van der Waals surface area contributed by atoms with E-state index in [9.17, 15) is 9.59 Å². The number of aldehydes is 1. The van der Waals surface area contributed by atoms with Crippen LogP contribution in [0.15, 0.2) is 0 Å². The molecule has 0 aromatic carbocycles. The van der Waals surface area contributed by atoms with Crippen LogP contribution in [-0.4, -0.2) is 93.8 Å². The Morgan fingerprint density at radius 1 is 1.20 bits per heavy atom. The first-order valence-corrected chi connectivity index (χ1v) is 3.71. The van der Waals surface area contributed by atoms with Crippen molar-refractivity contribution in [1.29, 1.82) is 0 Å². The van der Waals surface area contributed by atoms with Gasteiger partial charge in [-0.3, -0.25) is 0 Å². The topological polar surface area (TPSA) is 124 Å². The summed E-state index contributed by atoms with van der Waals surface area (Å²) in [6.45, 7) is 0. The smallest absolute Gasteiger partial charge is 0.337 e. The molecular formula is C7H12NaO7. The van der Waals surface area contributed by atoms with E-state index in [0.717, 1.165) is 7.11 Å². The number of methoxy groups -OCH3 is 1. The van der Waals surface area contributed by atoms with Gasteiger partial charge < -0.3 is 30.0 Å². The second-order valence-electron chi connectivity index (χ2n) is 2.58. The SMILES string of the molecule is COC(=O)[C@@H](O)[C@@H](O)[C@H](O)[C@@H](O)C=O.[Na]. The summed E-state index contributed by atoms with van der Waals surface area (Å²) in [6.07, 6.45) is -7.84. The summed E-state index contributed by atoms with van der Waals surface area (Å²) >= 11 is 0. The Labute approximate surface area is 108 Å². The average Bonchev–Trinajstić information content (AvgIpc) is 2.23. The van der Waals surface area contributed by atoms with Gasteiger partial charge in [0.2, 0.25) is 0 Å². The first kappa shape index (κ1) is 17.4. The Bertz CT molecular complexity index is 210. The summed E-state index contributed by atoms with van der Waals surface area (Å²) in [5, 5.41) is 35.8. The van der Waals surface area contributed by atoms with E-state index in [1.165, 1.54) is 0 Å². The molecule has 0 unspecified atom stereocenters. The zero-order chi connectivity index (χ0) is 11.3. The van der Waals surface area contributed by atoms with Crippen molar-refractivity contribution in [2.75, 3.05) is 7.11 Å². The summed E-state index contributed by atoms with van der Waals surface area (Å²) < 4.78 is 4.07. The monoisotopic (exact) mass is 231 g/mol. The van der Waals surface area contributed by atoms with Gasteiger partial charge in [-0.25, -0.2) is 4.79 Å². The maximum absolute atomic E-state index is 10.7. The fourth-order valence-electron chi connectivity index (χ4n) is 0.729. The predicted octanol–water partition coefficient (Wildman–Crippen LogP) is -3.58. The van der Waals surface area contributed by atoms with Crippen molar-refractivity contribution >= 4 is 41.8 Å². The molecule has 8 heteroatoms. The molecule has 15 heavy (non-hydrogen) atoms. The molecule has 4 N–H and O–H groups in total. The number of carbonyl (C=O) groups is 2. The van der Waals surface area contributed by atoms with Crippen molar-refractivity contribution < 1.29 is 34.8 Å². The molecule has 0 rings (SSSR count). The van der Waals surface area contributed by atoms with Gasteiger partial charge in [-0.15, -0.1) is 0 Å². The van der Waals surface area contributed by atoms with E-state index in [1.807, 2.05) is 0 Å². The van der Waals surface area contributed by atoms with Gasteiger partial charge >= 0.3 is 5.97 Å². The maximum Gasteiger partial charge on any atom is 0.337 e. The average molecular weight is 231 g/mol. The van der Waals surface area contributed by atoms with Crippen molar-refractivity contribution in [3.8, 4) is 0 Å². The molecule has 0 aliphatic rings. The Morgan fingerprint density at radius 3 is 2.00 bits per heavy atom. The molecule has 0 spiro atoms. The van der Waals surface area contributed by atoms with Gasteiger partial charge in [0.1, 0.15) is 18.3 Å². The Morgan fingerprint density at radius 2 is 1.67 bits per heavy atom. The molecule has 1 radical (unpaired) electrons. The number of esters is 1. The van der Waals surface area contributed by atoms with Crippen LogP contribution < -0.4 is 0 Å². The molecule has 0 amide bonds. The molecule has 0 bridgehead atoms. The van der Waals surface area contributed by atoms with Crippen LogP contribution in [0, 0.1) is 0 Å². The standard InChI is InChI=1S/C7H12O7.Na/c1-14-7(13)6(12)5(11)4(10)3(9)2-8;/h2-6,9-12H,1H3;/t3-,4+,5-,6-;/m0./s1. The number of aliphatic hydroxyl groups is 4. The molecule has 0 heterocycles. The molecule has 0 aliphatic heterocycles. The Hall–Kier alpha value is -0.0200. The van der Waals surface area contributed by atoms with Crippen molar-refractivity contribution in [2.24, 2.45) is 0 Å². The van der Waals surface area contributed by atoms with Crippen LogP contribution in [0.2, 0.25) is 0 Å². The summed E-state index contributed by atoms with van der Waals surface area (Å²) in [7, 11) is 0.973. The second kappa shape index (κ2) is 8.17. The molecule has 0 fully saturated rings. The van der Waals surface area contributed by atoms with Gasteiger partial charge in [-0.1, -0.05) is 0 Å². The third kappa shape index (κ3) is 5.03. The molecule has 7 nitrogen and oxygen atoms in total. The van der Waals surface area contributed by atoms with Crippen LogP contribution in [0.3, 0.4) is 0 Å². The van der Waals surface area contributed by atoms with E-state index in [2.05, 4.69) is 4.74 Å². The summed E-state index contributed by atoms with van der Waals surface area (Å²) in [6, 6.07) is 0. The minimum absolute atomic E-state index is 0. The number of aliphatic hydroxyl groups excluding tert-OH is 4. The largest absolute Gasteiger partial charge is 0.467 e. The quantitative estimate of drug-likeness (QED) is 0.219. The normalized spacial score (nSPS) is 17.9. The first-order valence-electron chi connectivity index (χ1n) is 3.71. The summed E-state index contributed by atoms with van der Waals surface area (Å²) in [5.41, 5.74) is 0. The number of carbonyl (C=O) groups excluding carboxylic acids is 2. The van der Waals surface area contributed by atoms with Crippen molar-refractivity contribution in [2.45, 2.75) is 24.4 Å². The van der Waals surface area contributed by atoms with E-state index in [1.54, 1.807) is 0 Å². The fourth-order valence-corrected chi connectivity index (χ4v) is 0.729. The molecule has 0 aromatic rings. The van der Waals surface area contributed by atoms with Crippen LogP contribution in [0.4, 0.5) is 0 Å². The van der Waals surface area contributed by atoms with Crippen LogP contribution >= 0.6 is 0 Å². The Kier molecular flexibility index (Phi) is 9.46. The summed E-state index contributed by atoms with van der Waals surface area (Å²) in [4.78, 5) is 20.6. The molecule has 0 aliphatic carbocycles. The predicted molar refractivity (Wildman–Crippen MR) is 47.9 cm³/mol. The molecule has 4 atom stereocenters. The van der Waals surface area contributed by atoms with Crippen LogP contribution in [0.5, 0.6) is 0 Å². The molecule has 0 saturated heterocycles. The zero-order valence-electron chi connectivity index (χ0n) is 8.40. The molecular weight excluding hydrogens is 219 g/mol. The van der Waals surface area contributed by atoms with Gasteiger partial charge in [0, 0.05) is 29.6 Å². The van der Waals surface area contributed by atoms with Crippen molar-refractivity contribution in [1.82, 2.24) is 0 Å². The van der Waals surface area contributed by atoms with Crippen molar-refractivity contribution in [3.63, 3.8) is 0 Å². The maximum atomic E-state index is 10.7. The third-order valence-electron chi connectivity index (χ3n) is 1.61. The van der Waals surface area contributed by atoms with Gasteiger partial charge in [0.25, 0.3) is 0 Å². The number of hydrogen-bond acceptors (Lipinski definition) is 7. The zero-order valence-corrected chi connectivity index (χ0v) is 10.4. The van der Waals surface area contributed by atoms with E-state index >= 15 is 0 Å². The molecule has 0 saturated carbocycles. The second-order valence-corrected chi connectivity index (χ2v) is 2.58. The number of ether oxygens (including phenoxy) is 1. The van der Waals surface area contributed by atoms with E-state index in [0.29, 0.717) is 0 Å². The molecule has 0 aromatic heterocycles. The number of rotatable bonds is 5. The van der Waals surface area contributed by atoms with E-state index in [-0.39, 0.29) is 35.8 Å². The minimum atomic E-state index is -2.01.